The zero-order valence-corrected chi connectivity index (χ0v) is 27.2. The number of methoxy groups -OCH3 is 1. The minimum atomic E-state index is -0.777. The molecule has 0 atom stereocenters. The van der Waals surface area contributed by atoms with Crippen LogP contribution in [0.4, 0.5) is 16.2 Å². The second kappa shape index (κ2) is 13.3. The van der Waals surface area contributed by atoms with Crippen molar-refractivity contribution >= 4 is 52.2 Å². The minimum Gasteiger partial charge on any atom is -0.497 e. The number of hydrogen-bond donors (Lipinski definition) is 0. The zero-order chi connectivity index (χ0) is 33.9. The van der Waals surface area contributed by atoms with Crippen LogP contribution in [0.1, 0.15) is 40.3 Å². The molecule has 0 saturated heterocycles. The van der Waals surface area contributed by atoms with Crippen LogP contribution in [0, 0.1) is 0 Å². The van der Waals surface area contributed by atoms with Crippen LogP contribution in [0.2, 0.25) is 0 Å². The molecule has 0 saturated carbocycles. The Morgan fingerprint density at radius 2 is 1.55 bits per heavy atom. The van der Waals surface area contributed by atoms with Gasteiger partial charge < -0.3 is 19.3 Å². The summed E-state index contributed by atoms with van der Waals surface area (Å²) >= 11 is 0. The van der Waals surface area contributed by atoms with E-state index in [9.17, 15) is 19.2 Å². The van der Waals surface area contributed by atoms with Crippen LogP contribution in [0.5, 0.6) is 5.75 Å². The number of anilines is 2. The van der Waals surface area contributed by atoms with Gasteiger partial charge in [-0.2, -0.15) is 9.78 Å². The van der Waals surface area contributed by atoms with Crippen LogP contribution in [-0.2, 0) is 19.1 Å². The van der Waals surface area contributed by atoms with Crippen molar-refractivity contribution in [2.75, 3.05) is 23.5 Å². The van der Waals surface area contributed by atoms with Gasteiger partial charge in [-0.25, -0.2) is 4.79 Å². The Balaban J connectivity index is 1.57. The van der Waals surface area contributed by atoms with Gasteiger partial charge in [-0.05, 0) is 83.2 Å². The van der Waals surface area contributed by atoms with E-state index in [0.717, 1.165) is 4.68 Å². The number of para-hydroxylation sites is 2. The molecule has 1 aliphatic heterocycles. The number of nitrogens with zero attached hydrogens (tertiary/aromatic N) is 5. The molecule has 0 unspecified atom stereocenters. The van der Waals surface area contributed by atoms with Crippen LogP contribution in [0.3, 0.4) is 0 Å². The lowest BCUT2D eigenvalue weighted by atomic mass is 10.1. The van der Waals surface area contributed by atoms with E-state index in [1.54, 1.807) is 106 Å². The number of benzene rings is 3. The maximum atomic E-state index is 14.2. The maximum absolute atomic E-state index is 14.2. The number of carbonyl (C=O) groups is 4. The van der Waals surface area contributed by atoms with Crippen LogP contribution in [0.25, 0.3) is 17.0 Å². The van der Waals surface area contributed by atoms with E-state index in [2.05, 4.69) is 5.10 Å². The van der Waals surface area contributed by atoms with Gasteiger partial charge in [0.25, 0.3) is 11.8 Å². The van der Waals surface area contributed by atoms with Gasteiger partial charge in [-0.1, -0.05) is 36.4 Å². The largest absolute Gasteiger partial charge is 0.497 e. The van der Waals surface area contributed by atoms with E-state index in [0.29, 0.717) is 28.0 Å². The second-order valence-electron chi connectivity index (χ2n) is 12.1. The Hall–Kier alpha value is -5.71. The fourth-order valence-corrected chi connectivity index (χ4v) is 5.17. The quantitative estimate of drug-likeness (QED) is 0.181. The lowest BCUT2D eigenvalue weighted by Crippen LogP contribution is -2.44. The van der Waals surface area contributed by atoms with Crippen molar-refractivity contribution in [1.29, 1.82) is 0 Å². The number of hydrogen-bond acceptors (Lipinski definition) is 7. The molecular weight excluding hydrogens is 598 g/mol. The molecular formula is C36H37N5O6. The molecule has 47 heavy (non-hydrogen) atoms. The number of carbonyl (C=O) groups excluding carboxylic acids is 4. The third-order valence-electron chi connectivity index (χ3n) is 7.28. The van der Waals surface area contributed by atoms with Crippen molar-refractivity contribution in [2.45, 2.75) is 46.3 Å². The Kier molecular flexibility index (Phi) is 9.27. The first-order valence-corrected chi connectivity index (χ1v) is 15.1. The van der Waals surface area contributed by atoms with Gasteiger partial charge in [0.05, 0.1) is 18.3 Å². The summed E-state index contributed by atoms with van der Waals surface area (Å²) in [6.07, 6.45) is 3.55. The molecule has 1 aromatic heterocycles. The number of rotatable bonds is 7. The average Bonchev–Trinajstić information content (AvgIpc) is 3.36. The summed E-state index contributed by atoms with van der Waals surface area (Å²) in [6, 6.07) is 22.6. The van der Waals surface area contributed by atoms with E-state index in [-0.39, 0.29) is 29.8 Å². The third-order valence-corrected chi connectivity index (χ3v) is 7.28. The van der Waals surface area contributed by atoms with E-state index in [1.807, 2.05) is 19.9 Å². The first-order chi connectivity index (χ1) is 22.4. The predicted molar refractivity (Wildman–Crippen MR) is 180 cm³/mol. The molecule has 0 spiro atoms. The number of fused-ring (bicyclic) bond motifs is 1. The first-order valence-electron chi connectivity index (χ1n) is 15.1. The molecule has 3 amide bonds. The highest BCUT2D eigenvalue weighted by Gasteiger charge is 2.33. The summed E-state index contributed by atoms with van der Waals surface area (Å²) in [5, 5.41) is 5.01. The van der Waals surface area contributed by atoms with Crippen molar-refractivity contribution in [3.8, 4) is 5.75 Å². The minimum absolute atomic E-state index is 0.214. The Labute approximate surface area is 273 Å². The topological polar surface area (TPSA) is 114 Å². The van der Waals surface area contributed by atoms with Crippen LogP contribution >= 0.6 is 0 Å². The van der Waals surface area contributed by atoms with E-state index < -0.39 is 23.5 Å². The van der Waals surface area contributed by atoms with E-state index in [4.69, 9.17) is 9.47 Å². The van der Waals surface area contributed by atoms with Crippen LogP contribution in [0.15, 0.2) is 96.8 Å². The molecule has 11 heteroatoms. The molecule has 11 nitrogen and oxygen atoms in total. The molecule has 3 aromatic carbocycles. The highest BCUT2D eigenvalue weighted by molar-refractivity contribution is 6.28. The SMILES string of the molecule is COc1ccc(N(C(=O)CN2C=CN(c3ccccc3)C(=O)C(=Cc3nn(C(=O)OC(C)(C)C)c4ccccc34)C2=O)C(C)C)cc1. The predicted octanol–water partition coefficient (Wildman–Crippen LogP) is 6.00. The molecule has 5 rings (SSSR count). The fourth-order valence-electron chi connectivity index (χ4n) is 5.17. The van der Waals surface area contributed by atoms with Gasteiger partial charge in [-0.15, -0.1) is 0 Å². The summed E-state index contributed by atoms with van der Waals surface area (Å²) in [5.74, 6) is -1.04. The molecule has 4 aromatic rings. The highest BCUT2D eigenvalue weighted by atomic mass is 16.6. The summed E-state index contributed by atoms with van der Waals surface area (Å²) in [7, 11) is 1.56. The zero-order valence-electron chi connectivity index (χ0n) is 27.2. The highest BCUT2D eigenvalue weighted by Crippen LogP contribution is 2.27. The Morgan fingerprint density at radius 1 is 0.894 bits per heavy atom. The molecule has 0 fully saturated rings. The first kappa shape index (κ1) is 32.7. The van der Waals surface area contributed by atoms with E-state index >= 15 is 0 Å². The van der Waals surface area contributed by atoms with Gasteiger partial charge in [0, 0.05) is 35.2 Å². The molecule has 0 bridgehead atoms. The molecule has 0 radical (unpaired) electrons. The van der Waals surface area contributed by atoms with Crippen molar-refractivity contribution in [1.82, 2.24) is 14.7 Å². The second-order valence-corrected chi connectivity index (χ2v) is 12.1. The van der Waals surface area contributed by atoms with Gasteiger partial charge >= 0.3 is 6.09 Å². The normalized spacial score (nSPS) is 14.6. The molecule has 242 valence electrons. The lowest BCUT2D eigenvalue weighted by molar-refractivity contribution is -0.131. The monoisotopic (exact) mass is 635 g/mol. The van der Waals surface area contributed by atoms with Gasteiger partial charge in [0.2, 0.25) is 5.91 Å². The molecule has 0 aliphatic carbocycles. The summed E-state index contributed by atoms with van der Waals surface area (Å²) in [5.41, 5.74) is 0.791. The molecule has 1 aliphatic rings. The Morgan fingerprint density at radius 3 is 2.19 bits per heavy atom. The van der Waals surface area contributed by atoms with Crippen molar-refractivity contribution in [2.24, 2.45) is 0 Å². The number of ether oxygens (including phenoxy) is 2. The number of amides is 3. The summed E-state index contributed by atoms with van der Waals surface area (Å²) in [4.78, 5) is 59.3. The van der Waals surface area contributed by atoms with Crippen molar-refractivity contribution in [3.05, 3.63) is 103 Å². The standard InChI is InChI=1S/C36H37N5O6/c1-24(2)40(26-16-18-27(46-6)19-17-26)32(42)23-38-20-21-39(25-12-8-7-9-13-25)34(44)29(33(38)43)22-30-28-14-10-11-15-31(28)41(37-30)35(45)47-36(3,4)5/h7-22,24H,23H2,1-6H3. The summed E-state index contributed by atoms with van der Waals surface area (Å²) < 4.78 is 11.9. The third kappa shape index (κ3) is 7.09. The van der Waals surface area contributed by atoms with Gasteiger partial charge in [-0.3, -0.25) is 19.3 Å². The summed E-state index contributed by atoms with van der Waals surface area (Å²) in [6.45, 7) is 8.65. The van der Waals surface area contributed by atoms with Crippen LogP contribution < -0.4 is 14.5 Å². The van der Waals surface area contributed by atoms with Gasteiger partial charge in [0.1, 0.15) is 23.5 Å². The maximum Gasteiger partial charge on any atom is 0.435 e. The average molecular weight is 636 g/mol. The lowest BCUT2D eigenvalue weighted by Gasteiger charge is -2.29. The van der Waals surface area contributed by atoms with Crippen LogP contribution in [-0.4, -0.2) is 63.8 Å². The van der Waals surface area contributed by atoms with Gasteiger partial charge in [0.15, 0.2) is 0 Å². The molecule has 2 heterocycles. The smallest absolute Gasteiger partial charge is 0.435 e. The van der Waals surface area contributed by atoms with Crippen molar-refractivity contribution in [3.63, 3.8) is 0 Å². The van der Waals surface area contributed by atoms with Crippen molar-refractivity contribution < 1.29 is 28.7 Å². The fraction of sp³-hybridized carbons (Fsp3) is 0.250. The Bertz CT molecular complexity index is 1870. The molecule has 0 N–H and O–H groups in total. The van der Waals surface area contributed by atoms with E-state index in [1.165, 1.54) is 28.3 Å². The number of aromatic nitrogens is 2.